The van der Waals surface area contributed by atoms with Gasteiger partial charge in [-0.2, -0.15) is 0 Å². The number of nitrogens with one attached hydrogen (secondary N) is 1. The first-order valence-electron chi connectivity index (χ1n) is 6.93. The number of aromatic nitrogens is 2. The van der Waals surface area contributed by atoms with E-state index in [-0.39, 0.29) is 0 Å². The van der Waals surface area contributed by atoms with E-state index in [0.29, 0.717) is 5.92 Å². The van der Waals surface area contributed by atoms with Crippen LogP contribution in [0, 0.1) is 12.8 Å². The lowest BCUT2D eigenvalue weighted by Gasteiger charge is -2.18. The van der Waals surface area contributed by atoms with Gasteiger partial charge in [0.15, 0.2) is 0 Å². The van der Waals surface area contributed by atoms with E-state index < -0.39 is 0 Å². The van der Waals surface area contributed by atoms with Crippen molar-refractivity contribution in [2.75, 3.05) is 26.8 Å². The Balaban J connectivity index is 1.68. The van der Waals surface area contributed by atoms with Crippen LogP contribution >= 0.6 is 0 Å². The standard InChI is InChI=1S/C15H21N3O/c1-11-4-3-5-13-15(11)17-14(16-13)9-18(2)8-12-6-7-19-10-12/h3-5,12H,6-10H2,1-2H3,(H,16,17)/t12-/m1/s1. The second-order valence-electron chi connectivity index (χ2n) is 5.58. The molecule has 3 rings (SSSR count). The largest absolute Gasteiger partial charge is 0.381 e. The van der Waals surface area contributed by atoms with Gasteiger partial charge in [-0.3, -0.25) is 4.90 Å². The summed E-state index contributed by atoms with van der Waals surface area (Å²) < 4.78 is 5.42. The lowest BCUT2D eigenvalue weighted by Crippen LogP contribution is -2.26. The minimum Gasteiger partial charge on any atom is -0.381 e. The number of ether oxygens (including phenoxy) is 1. The van der Waals surface area contributed by atoms with Gasteiger partial charge in [0.05, 0.1) is 24.2 Å². The Hall–Kier alpha value is -1.39. The summed E-state index contributed by atoms with van der Waals surface area (Å²) in [5.74, 6) is 1.72. The molecule has 4 heteroatoms. The molecule has 1 aliphatic heterocycles. The van der Waals surface area contributed by atoms with Crippen molar-refractivity contribution in [1.29, 1.82) is 0 Å². The maximum absolute atomic E-state index is 5.42. The SMILES string of the molecule is Cc1cccc2[nH]c(CN(C)C[C@H]3CCOC3)nc12. The lowest BCUT2D eigenvalue weighted by atomic mass is 10.1. The molecule has 0 spiro atoms. The molecule has 102 valence electrons. The smallest absolute Gasteiger partial charge is 0.121 e. The van der Waals surface area contributed by atoms with Crippen LogP contribution in [0.1, 0.15) is 17.8 Å². The Labute approximate surface area is 113 Å². The first-order valence-corrected chi connectivity index (χ1v) is 6.93. The van der Waals surface area contributed by atoms with E-state index >= 15 is 0 Å². The molecule has 0 unspecified atom stereocenters. The van der Waals surface area contributed by atoms with Crippen molar-refractivity contribution in [2.24, 2.45) is 5.92 Å². The van der Waals surface area contributed by atoms with E-state index in [0.717, 1.165) is 43.2 Å². The normalized spacial score (nSPS) is 19.6. The molecule has 2 heterocycles. The predicted molar refractivity (Wildman–Crippen MR) is 76.1 cm³/mol. The zero-order valence-corrected chi connectivity index (χ0v) is 11.6. The highest BCUT2D eigenvalue weighted by atomic mass is 16.5. The van der Waals surface area contributed by atoms with Gasteiger partial charge in [-0.25, -0.2) is 4.98 Å². The second-order valence-corrected chi connectivity index (χ2v) is 5.58. The topological polar surface area (TPSA) is 41.2 Å². The van der Waals surface area contributed by atoms with Crippen molar-refractivity contribution in [3.63, 3.8) is 0 Å². The van der Waals surface area contributed by atoms with Crippen molar-refractivity contribution in [3.8, 4) is 0 Å². The Morgan fingerprint density at radius 2 is 2.37 bits per heavy atom. The van der Waals surface area contributed by atoms with Crippen LogP contribution in [0.3, 0.4) is 0 Å². The van der Waals surface area contributed by atoms with Crippen molar-refractivity contribution >= 4 is 11.0 Å². The van der Waals surface area contributed by atoms with Crippen molar-refractivity contribution in [1.82, 2.24) is 14.9 Å². The fourth-order valence-corrected chi connectivity index (χ4v) is 2.79. The molecule has 1 N–H and O–H groups in total. The third-order valence-corrected chi connectivity index (χ3v) is 3.78. The van der Waals surface area contributed by atoms with Crippen LogP contribution in [0.5, 0.6) is 0 Å². The summed E-state index contributed by atoms with van der Waals surface area (Å²) in [4.78, 5) is 10.4. The number of aryl methyl sites for hydroxylation is 1. The van der Waals surface area contributed by atoms with E-state index in [1.54, 1.807) is 0 Å². The molecule has 0 amide bonds. The highest BCUT2D eigenvalue weighted by Crippen LogP contribution is 2.17. The van der Waals surface area contributed by atoms with Gasteiger partial charge in [0, 0.05) is 13.2 Å². The van der Waals surface area contributed by atoms with Crippen molar-refractivity contribution in [2.45, 2.75) is 19.9 Å². The highest BCUT2D eigenvalue weighted by Gasteiger charge is 2.18. The fraction of sp³-hybridized carbons (Fsp3) is 0.533. The zero-order chi connectivity index (χ0) is 13.2. The third-order valence-electron chi connectivity index (χ3n) is 3.78. The maximum atomic E-state index is 5.42. The maximum Gasteiger partial charge on any atom is 0.121 e. The molecular weight excluding hydrogens is 238 g/mol. The number of benzene rings is 1. The Kier molecular flexibility index (Phi) is 3.53. The molecule has 0 saturated carbocycles. The fourth-order valence-electron chi connectivity index (χ4n) is 2.79. The van der Waals surface area contributed by atoms with Crippen LogP contribution in [0.4, 0.5) is 0 Å². The number of H-pyrrole nitrogens is 1. The molecule has 1 saturated heterocycles. The van der Waals surface area contributed by atoms with Gasteiger partial charge in [-0.05, 0) is 37.9 Å². The predicted octanol–water partition coefficient (Wildman–Crippen LogP) is 2.34. The van der Waals surface area contributed by atoms with Crippen LogP contribution in [0.25, 0.3) is 11.0 Å². The van der Waals surface area contributed by atoms with Crippen LogP contribution in [-0.4, -0.2) is 41.7 Å². The van der Waals surface area contributed by atoms with Crippen LogP contribution in [0.15, 0.2) is 18.2 Å². The highest BCUT2D eigenvalue weighted by molar-refractivity contribution is 5.78. The molecule has 19 heavy (non-hydrogen) atoms. The second kappa shape index (κ2) is 5.31. The molecule has 1 aromatic carbocycles. The van der Waals surface area contributed by atoms with E-state index in [2.05, 4.69) is 42.1 Å². The average molecular weight is 259 g/mol. The molecule has 0 bridgehead atoms. The summed E-state index contributed by atoms with van der Waals surface area (Å²) in [5.41, 5.74) is 3.45. The molecule has 1 aliphatic rings. The molecule has 0 radical (unpaired) electrons. The molecule has 0 aliphatic carbocycles. The number of aromatic amines is 1. The van der Waals surface area contributed by atoms with Gasteiger partial charge in [0.1, 0.15) is 5.82 Å². The van der Waals surface area contributed by atoms with Crippen LogP contribution in [0.2, 0.25) is 0 Å². The Bertz CT molecular complexity index is 558. The summed E-state index contributed by atoms with van der Waals surface area (Å²) in [6.07, 6.45) is 1.18. The summed E-state index contributed by atoms with van der Waals surface area (Å²) in [6, 6.07) is 6.26. The molecular formula is C15H21N3O. The minimum atomic E-state index is 0.677. The number of fused-ring (bicyclic) bond motifs is 1. The Morgan fingerprint density at radius 3 is 3.11 bits per heavy atom. The first-order chi connectivity index (χ1) is 9.22. The van der Waals surface area contributed by atoms with Crippen LogP contribution < -0.4 is 0 Å². The number of nitrogens with zero attached hydrogens (tertiary/aromatic N) is 2. The quantitative estimate of drug-likeness (QED) is 0.916. The average Bonchev–Trinajstić information content (AvgIpc) is 2.98. The molecule has 1 atom stereocenters. The van der Waals surface area contributed by atoms with Gasteiger partial charge in [0.25, 0.3) is 0 Å². The first kappa shape index (κ1) is 12.6. The third kappa shape index (κ3) is 2.80. The van der Waals surface area contributed by atoms with E-state index in [1.807, 2.05) is 0 Å². The van der Waals surface area contributed by atoms with Crippen LogP contribution in [-0.2, 0) is 11.3 Å². The minimum absolute atomic E-state index is 0.677. The van der Waals surface area contributed by atoms with Gasteiger partial charge < -0.3 is 9.72 Å². The summed E-state index contributed by atoms with van der Waals surface area (Å²) in [7, 11) is 2.15. The summed E-state index contributed by atoms with van der Waals surface area (Å²) in [5, 5.41) is 0. The van der Waals surface area contributed by atoms with E-state index in [4.69, 9.17) is 9.72 Å². The van der Waals surface area contributed by atoms with Gasteiger partial charge in [0.2, 0.25) is 0 Å². The zero-order valence-electron chi connectivity index (χ0n) is 11.6. The lowest BCUT2D eigenvalue weighted by molar-refractivity contribution is 0.172. The number of rotatable bonds is 4. The van der Waals surface area contributed by atoms with Gasteiger partial charge in [-0.1, -0.05) is 12.1 Å². The molecule has 1 fully saturated rings. The van der Waals surface area contributed by atoms with Crippen molar-refractivity contribution < 1.29 is 4.74 Å². The van der Waals surface area contributed by atoms with Gasteiger partial charge >= 0.3 is 0 Å². The van der Waals surface area contributed by atoms with Crippen molar-refractivity contribution in [3.05, 3.63) is 29.6 Å². The molecule has 4 nitrogen and oxygen atoms in total. The summed E-state index contributed by atoms with van der Waals surface area (Å²) in [6.45, 7) is 5.87. The van der Waals surface area contributed by atoms with E-state index in [9.17, 15) is 0 Å². The number of hydrogen-bond donors (Lipinski definition) is 1. The summed E-state index contributed by atoms with van der Waals surface area (Å²) >= 11 is 0. The number of imidazole rings is 1. The number of hydrogen-bond acceptors (Lipinski definition) is 3. The molecule has 1 aromatic heterocycles. The van der Waals surface area contributed by atoms with E-state index in [1.165, 1.54) is 12.0 Å². The Morgan fingerprint density at radius 1 is 1.47 bits per heavy atom. The number of para-hydroxylation sites is 1. The van der Waals surface area contributed by atoms with Gasteiger partial charge in [-0.15, -0.1) is 0 Å². The molecule has 2 aromatic rings. The monoisotopic (exact) mass is 259 g/mol.